The van der Waals surface area contributed by atoms with Gasteiger partial charge in [-0.1, -0.05) is 39.8 Å². The van der Waals surface area contributed by atoms with Crippen molar-refractivity contribution in [1.82, 2.24) is 0 Å². The summed E-state index contributed by atoms with van der Waals surface area (Å²) in [6.07, 6.45) is 2.30. The van der Waals surface area contributed by atoms with Crippen molar-refractivity contribution in [2.45, 2.75) is 52.4 Å². The van der Waals surface area contributed by atoms with Gasteiger partial charge in [0, 0.05) is 0 Å². The summed E-state index contributed by atoms with van der Waals surface area (Å²) in [7, 11) is 0. The summed E-state index contributed by atoms with van der Waals surface area (Å²) >= 11 is 0. The SMILES string of the molecule is CCCOc1ccc(C(C)(C)C)cc1CCCF. The number of rotatable bonds is 6. The average Bonchev–Trinajstić information content (AvgIpc) is 2.33. The molecule has 0 aromatic heterocycles. The van der Waals surface area contributed by atoms with E-state index in [2.05, 4.69) is 39.8 Å². The van der Waals surface area contributed by atoms with Gasteiger partial charge >= 0.3 is 0 Å². The van der Waals surface area contributed by atoms with Crippen molar-refractivity contribution in [2.75, 3.05) is 13.3 Å². The van der Waals surface area contributed by atoms with Gasteiger partial charge in [-0.15, -0.1) is 0 Å². The Balaban J connectivity index is 2.96. The van der Waals surface area contributed by atoms with Crippen molar-refractivity contribution in [3.05, 3.63) is 29.3 Å². The van der Waals surface area contributed by atoms with Crippen molar-refractivity contribution in [2.24, 2.45) is 0 Å². The lowest BCUT2D eigenvalue weighted by Gasteiger charge is -2.21. The van der Waals surface area contributed by atoms with Crippen LogP contribution in [0.3, 0.4) is 0 Å². The summed E-state index contributed by atoms with van der Waals surface area (Å²) in [5, 5.41) is 0. The van der Waals surface area contributed by atoms with E-state index in [0.717, 1.165) is 30.8 Å². The van der Waals surface area contributed by atoms with Crippen LogP contribution < -0.4 is 4.74 Å². The molecule has 1 aromatic carbocycles. The molecule has 0 saturated heterocycles. The largest absolute Gasteiger partial charge is 0.493 e. The summed E-state index contributed by atoms with van der Waals surface area (Å²) < 4.78 is 18.1. The van der Waals surface area contributed by atoms with E-state index < -0.39 is 0 Å². The molecular formula is C16H25FO. The highest BCUT2D eigenvalue weighted by Crippen LogP contribution is 2.29. The molecule has 102 valence electrons. The van der Waals surface area contributed by atoms with Crippen LogP contribution in [-0.4, -0.2) is 13.3 Å². The van der Waals surface area contributed by atoms with E-state index in [4.69, 9.17) is 4.74 Å². The lowest BCUT2D eigenvalue weighted by molar-refractivity contribution is 0.313. The quantitative estimate of drug-likeness (QED) is 0.714. The van der Waals surface area contributed by atoms with Gasteiger partial charge in [-0.05, 0) is 41.9 Å². The topological polar surface area (TPSA) is 9.23 Å². The minimum atomic E-state index is -0.271. The highest BCUT2D eigenvalue weighted by molar-refractivity contribution is 5.39. The molecule has 0 aliphatic rings. The van der Waals surface area contributed by atoms with Crippen LogP contribution in [0.2, 0.25) is 0 Å². The Morgan fingerprint density at radius 1 is 1.22 bits per heavy atom. The molecule has 1 rings (SSSR count). The molecule has 0 radical (unpaired) electrons. The molecule has 0 atom stereocenters. The van der Waals surface area contributed by atoms with Crippen LogP contribution in [0, 0.1) is 0 Å². The Bertz CT molecular complexity index is 366. The van der Waals surface area contributed by atoms with Crippen molar-refractivity contribution in [3.8, 4) is 5.75 Å². The maximum Gasteiger partial charge on any atom is 0.122 e. The molecule has 0 spiro atoms. The summed E-state index contributed by atoms with van der Waals surface area (Å²) in [6.45, 7) is 9.10. The second-order valence-corrected chi connectivity index (χ2v) is 5.71. The van der Waals surface area contributed by atoms with Gasteiger partial charge in [-0.3, -0.25) is 4.39 Å². The average molecular weight is 252 g/mol. The zero-order valence-corrected chi connectivity index (χ0v) is 12.1. The normalized spacial score (nSPS) is 11.6. The van der Waals surface area contributed by atoms with E-state index in [0.29, 0.717) is 6.42 Å². The molecule has 1 nitrogen and oxygen atoms in total. The third-order valence-corrected chi connectivity index (χ3v) is 2.97. The van der Waals surface area contributed by atoms with Crippen molar-refractivity contribution >= 4 is 0 Å². The molecular weight excluding hydrogens is 227 g/mol. The lowest BCUT2D eigenvalue weighted by atomic mass is 9.85. The first-order chi connectivity index (χ1) is 8.49. The number of alkyl halides is 1. The molecule has 0 saturated carbocycles. The summed E-state index contributed by atoms with van der Waals surface area (Å²) in [5.74, 6) is 0.915. The highest BCUT2D eigenvalue weighted by atomic mass is 19.1. The third-order valence-electron chi connectivity index (χ3n) is 2.97. The number of aryl methyl sites for hydroxylation is 1. The highest BCUT2D eigenvalue weighted by Gasteiger charge is 2.15. The van der Waals surface area contributed by atoms with Gasteiger partial charge in [0.15, 0.2) is 0 Å². The predicted molar refractivity (Wildman–Crippen MR) is 75.2 cm³/mol. The van der Waals surface area contributed by atoms with E-state index in [1.54, 1.807) is 0 Å². The monoisotopic (exact) mass is 252 g/mol. The minimum absolute atomic E-state index is 0.119. The Morgan fingerprint density at radius 3 is 2.50 bits per heavy atom. The van der Waals surface area contributed by atoms with Gasteiger partial charge in [0.2, 0.25) is 0 Å². The van der Waals surface area contributed by atoms with Gasteiger partial charge in [-0.2, -0.15) is 0 Å². The molecule has 0 fully saturated rings. The van der Waals surface area contributed by atoms with Crippen LogP contribution in [0.15, 0.2) is 18.2 Å². The maximum absolute atomic E-state index is 12.4. The van der Waals surface area contributed by atoms with E-state index in [1.165, 1.54) is 5.56 Å². The van der Waals surface area contributed by atoms with Gasteiger partial charge < -0.3 is 4.74 Å². The number of halogens is 1. The van der Waals surface area contributed by atoms with Crippen LogP contribution in [0.5, 0.6) is 5.75 Å². The zero-order chi connectivity index (χ0) is 13.6. The molecule has 0 heterocycles. The van der Waals surface area contributed by atoms with E-state index in [-0.39, 0.29) is 12.1 Å². The van der Waals surface area contributed by atoms with Gasteiger partial charge in [-0.25, -0.2) is 0 Å². The molecule has 0 aliphatic carbocycles. The van der Waals surface area contributed by atoms with Crippen LogP contribution in [-0.2, 0) is 11.8 Å². The fourth-order valence-electron chi connectivity index (χ4n) is 1.85. The number of hydrogen-bond donors (Lipinski definition) is 0. The van der Waals surface area contributed by atoms with Crippen LogP contribution in [0.4, 0.5) is 4.39 Å². The molecule has 0 bridgehead atoms. The standard InChI is InChI=1S/C16H25FO/c1-5-11-18-15-9-8-14(16(2,3)4)12-13(15)7-6-10-17/h8-9,12H,5-7,10-11H2,1-4H3. The first-order valence-corrected chi connectivity index (χ1v) is 6.81. The molecule has 2 heteroatoms. The van der Waals surface area contributed by atoms with Crippen molar-refractivity contribution in [3.63, 3.8) is 0 Å². The van der Waals surface area contributed by atoms with E-state index >= 15 is 0 Å². The fourth-order valence-corrected chi connectivity index (χ4v) is 1.85. The minimum Gasteiger partial charge on any atom is -0.493 e. The second kappa shape index (κ2) is 6.77. The smallest absolute Gasteiger partial charge is 0.122 e. The number of benzene rings is 1. The Labute approximate surface area is 110 Å². The zero-order valence-electron chi connectivity index (χ0n) is 12.1. The predicted octanol–water partition coefficient (Wildman–Crippen LogP) is 4.68. The first-order valence-electron chi connectivity index (χ1n) is 6.81. The van der Waals surface area contributed by atoms with E-state index in [9.17, 15) is 4.39 Å². The molecule has 0 unspecified atom stereocenters. The molecule has 18 heavy (non-hydrogen) atoms. The number of ether oxygens (including phenoxy) is 1. The van der Waals surface area contributed by atoms with Crippen molar-refractivity contribution < 1.29 is 9.13 Å². The lowest BCUT2D eigenvalue weighted by Crippen LogP contribution is -2.12. The first kappa shape index (κ1) is 15.0. The molecule has 0 aliphatic heterocycles. The van der Waals surface area contributed by atoms with E-state index in [1.807, 2.05) is 6.07 Å². The number of hydrogen-bond acceptors (Lipinski definition) is 1. The fraction of sp³-hybridized carbons (Fsp3) is 0.625. The molecule has 0 N–H and O–H groups in total. The third kappa shape index (κ3) is 4.32. The Hall–Kier alpha value is -1.05. The van der Waals surface area contributed by atoms with Crippen LogP contribution in [0.25, 0.3) is 0 Å². The van der Waals surface area contributed by atoms with Crippen LogP contribution >= 0.6 is 0 Å². The van der Waals surface area contributed by atoms with Crippen LogP contribution in [0.1, 0.15) is 51.7 Å². The Morgan fingerprint density at radius 2 is 1.94 bits per heavy atom. The molecule has 1 aromatic rings. The van der Waals surface area contributed by atoms with Crippen molar-refractivity contribution in [1.29, 1.82) is 0 Å². The summed E-state index contributed by atoms with van der Waals surface area (Å²) in [4.78, 5) is 0. The summed E-state index contributed by atoms with van der Waals surface area (Å²) in [6, 6.07) is 6.31. The Kier molecular flexibility index (Phi) is 5.64. The molecule has 0 amide bonds. The van der Waals surface area contributed by atoms with Gasteiger partial charge in [0.25, 0.3) is 0 Å². The van der Waals surface area contributed by atoms with Gasteiger partial charge in [0.05, 0.1) is 13.3 Å². The summed E-state index contributed by atoms with van der Waals surface area (Å²) in [5.41, 5.74) is 2.53. The maximum atomic E-state index is 12.4. The van der Waals surface area contributed by atoms with Gasteiger partial charge in [0.1, 0.15) is 5.75 Å². The second-order valence-electron chi connectivity index (χ2n) is 5.71.